The predicted molar refractivity (Wildman–Crippen MR) is 101 cm³/mol. The minimum Gasteiger partial charge on any atom is -0.337 e. The van der Waals surface area contributed by atoms with Crippen molar-refractivity contribution in [3.05, 3.63) is 65.5 Å². The predicted octanol–water partition coefficient (Wildman–Crippen LogP) is 3.87. The van der Waals surface area contributed by atoms with Crippen LogP contribution in [0.25, 0.3) is 22.8 Å². The van der Waals surface area contributed by atoms with Gasteiger partial charge >= 0.3 is 0 Å². The van der Waals surface area contributed by atoms with E-state index < -0.39 is 0 Å². The molecule has 4 aromatic rings. The minimum atomic E-state index is 0.274. The molecule has 4 rings (SSSR count). The van der Waals surface area contributed by atoms with E-state index in [9.17, 15) is 0 Å². The van der Waals surface area contributed by atoms with Gasteiger partial charge < -0.3 is 4.52 Å². The van der Waals surface area contributed by atoms with Crippen LogP contribution in [0.15, 0.2) is 53.1 Å². The van der Waals surface area contributed by atoms with Gasteiger partial charge in [0, 0.05) is 11.1 Å². The molecular formula is C20H20N6O. The van der Waals surface area contributed by atoms with Gasteiger partial charge in [0.15, 0.2) is 0 Å². The Morgan fingerprint density at radius 2 is 1.59 bits per heavy atom. The maximum absolute atomic E-state index is 5.34. The average molecular weight is 360 g/mol. The second-order valence-electron chi connectivity index (χ2n) is 6.80. The lowest BCUT2D eigenvalue weighted by Crippen LogP contribution is -2.04. The zero-order valence-electron chi connectivity index (χ0n) is 15.5. The first-order chi connectivity index (χ1) is 13.1. The number of aromatic nitrogens is 6. The van der Waals surface area contributed by atoms with Gasteiger partial charge in [0.25, 0.3) is 5.89 Å². The molecule has 0 N–H and O–H groups in total. The summed E-state index contributed by atoms with van der Waals surface area (Å²) in [5.74, 6) is 2.05. The van der Waals surface area contributed by atoms with Crippen LogP contribution < -0.4 is 0 Å². The van der Waals surface area contributed by atoms with E-state index in [-0.39, 0.29) is 6.54 Å². The van der Waals surface area contributed by atoms with E-state index >= 15 is 0 Å². The van der Waals surface area contributed by atoms with E-state index in [0.717, 1.165) is 11.1 Å². The summed E-state index contributed by atoms with van der Waals surface area (Å²) < 4.78 is 5.34. The quantitative estimate of drug-likeness (QED) is 0.537. The molecule has 7 heteroatoms. The van der Waals surface area contributed by atoms with Crippen LogP contribution in [-0.2, 0) is 6.54 Å². The van der Waals surface area contributed by atoms with Crippen LogP contribution in [0, 0.1) is 6.92 Å². The Morgan fingerprint density at radius 3 is 2.30 bits per heavy atom. The van der Waals surface area contributed by atoms with E-state index in [2.05, 4.69) is 51.5 Å². The molecule has 0 spiro atoms. The van der Waals surface area contributed by atoms with Gasteiger partial charge in [-0.15, -0.1) is 10.2 Å². The third-order valence-electron chi connectivity index (χ3n) is 4.34. The van der Waals surface area contributed by atoms with Crippen LogP contribution in [-0.4, -0.2) is 30.3 Å². The number of aryl methyl sites for hydroxylation is 1. The molecule has 2 aromatic carbocycles. The van der Waals surface area contributed by atoms with Crippen molar-refractivity contribution in [3.63, 3.8) is 0 Å². The molecule has 0 atom stereocenters. The van der Waals surface area contributed by atoms with Crippen molar-refractivity contribution in [3.8, 4) is 22.8 Å². The van der Waals surface area contributed by atoms with Crippen LogP contribution in [0.2, 0.25) is 0 Å². The molecule has 2 aromatic heterocycles. The Kier molecular flexibility index (Phi) is 4.50. The molecule has 0 aliphatic rings. The number of nitrogens with zero attached hydrogens (tertiary/aromatic N) is 6. The largest absolute Gasteiger partial charge is 0.337 e. The van der Waals surface area contributed by atoms with E-state index in [1.807, 2.05) is 43.3 Å². The average Bonchev–Trinajstić information content (AvgIpc) is 3.33. The number of benzene rings is 2. The van der Waals surface area contributed by atoms with Crippen molar-refractivity contribution >= 4 is 0 Å². The van der Waals surface area contributed by atoms with Gasteiger partial charge in [0.1, 0.15) is 6.54 Å². The lowest BCUT2D eigenvalue weighted by molar-refractivity contribution is 0.356. The molecular weight excluding hydrogens is 340 g/mol. The van der Waals surface area contributed by atoms with E-state index in [4.69, 9.17) is 4.52 Å². The first-order valence-electron chi connectivity index (χ1n) is 8.86. The van der Waals surface area contributed by atoms with Crippen LogP contribution in [0.3, 0.4) is 0 Å². The summed E-state index contributed by atoms with van der Waals surface area (Å²) in [6, 6.07) is 16.2. The van der Waals surface area contributed by atoms with Crippen LogP contribution in [0.5, 0.6) is 0 Å². The molecule has 0 saturated carbocycles. The van der Waals surface area contributed by atoms with Gasteiger partial charge in [0.2, 0.25) is 11.6 Å². The maximum atomic E-state index is 5.34. The van der Waals surface area contributed by atoms with Gasteiger partial charge in [-0.2, -0.15) is 9.78 Å². The highest BCUT2D eigenvalue weighted by molar-refractivity contribution is 5.55. The van der Waals surface area contributed by atoms with Gasteiger partial charge in [-0.05, 0) is 23.6 Å². The summed E-state index contributed by atoms with van der Waals surface area (Å²) in [6.07, 6.45) is 0. The summed E-state index contributed by atoms with van der Waals surface area (Å²) in [6.45, 7) is 6.64. The fraction of sp³-hybridized carbons (Fsp3) is 0.250. The molecule has 0 amide bonds. The van der Waals surface area contributed by atoms with Crippen molar-refractivity contribution < 1.29 is 4.52 Å². The lowest BCUT2D eigenvalue weighted by atomic mass is 10.0. The van der Waals surface area contributed by atoms with E-state index in [1.54, 1.807) is 0 Å². The first-order valence-corrected chi connectivity index (χ1v) is 8.86. The van der Waals surface area contributed by atoms with Crippen molar-refractivity contribution in [1.82, 2.24) is 30.3 Å². The highest BCUT2D eigenvalue weighted by Crippen LogP contribution is 2.21. The smallest absolute Gasteiger partial charge is 0.250 e. The summed E-state index contributed by atoms with van der Waals surface area (Å²) >= 11 is 0. The fourth-order valence-electron chi connectivity index (χ4n) is 2.70. The van der Waals surface area contributed by atoms with Crippen LogP contribution >= 0.6 is 0 Å². The Hall–Kier alpha value is -3.35. The zero-order valence-corrected chi connectivity index (χ0v) is 15.5. The monoisotopic (exact) mass is 360 g/mol. The molecule has 0 aliphatic carbocycles. The molecule has 0 unspecified atom stereocenters. The fourth-order valence-corrected chi connectivity index (χ4v) is 2.70. The lowest BCUT2D eigenvalue weighted by Gasteiger charge is -2.04. The summed E-state index contributed by atoms with van der Waals surface area (Å²) in [4.78, 5) is 5.89. The molecule has 136 valence electrons. The maximum Gasteiger partial charge on any atom is 0.250 e. The van der Waals surface area contributed by atoms with Crippen molar-refractivity contribution in [2.45, 2.75) is 33.2 Å². The molecule has 27 heavy (non-hydrogen) atoms. The number of hydrogen-bond acceptors (Lipinski definition) is 6. The summed E-state index contributed by atoms with van der Waals surface area (Å²) in [7, 11) is 0. The SMILES string of the molecule is Cc1ccc(-c2nnn(Cc3nc(-c4ccc(C(C)C)cc4)no3)n2)cc1. The molecule has 0 radical (unpaired) electrons. The highest BCUT2D eigenvalue weighted by atomic mass is 16.5. The van der Waals surface area contributed by atoms with Crippen molar-refractivity contribution in [1.29, 1.82) is 0 Å². The topological polar surface area (TPSA) is 82.5 Å². The molecule has 0 aliphatic heterocycles. The van der Waals surface area contributed by atoms with E-state index in [1.165, 1.54) is 15.9 Å². The molecule has 2 heterocycles. The Labute approximate surface area is 157 Å². The van der Waals surface area contributed by atoms with Crippen molar-refractivity contribution in [2.24, 2.45) is 0 Å². The van der Waals surface area contributed by atoms with Crippen LogP contribution in [0.4, 0.5) is 0 Å². The molecule has 7 nitrogen and oxygen atoms in total. The molecule has 0 fully saturated rings. The normalized spacial score (nSPS) is 11.3. The Balaban J connectivity index is 1.49. The summed E-state index contributed by atoms with van der Waals surface area (Å²) in [5.41, 5.74) is 4.30. The van der Waals surface area contributed by atoms with Gasteiger partial charge in [-0.1, -0.05) is 73.1 Å². The van der Waals surface area contributed by atoms with Gasteiger partial charge in [0.05, 0.1) is 0 Å². The van der Waals surface area contributed by atoms with Gasteiger partial charge in [-0.3, -0.25) is 0 Å². The zero-order chi connectivity index (χ0) is 18.8. The highest BCUT2D eigenvalue weighted by Gasteiger charge is 2.12. The Morgan fingerprint density at radius 1 is 0.926 bits per heavy atom. The first kappa shape index (κ1) is 17.1. The number of rotatable bonds is 5. The van der Waals surface area contributed by atoms with E-state index in [0.29, 0.717) is 23.5 Å². The summed E-state index contributed by atoms with van der Waals surface area (Å²) in [5, 5.41) is 16.6. The van der Waals surface area contributed by atoms with Gasteiger partial charge in [-0.25, -0.2) is 0 Å². The standard InChI is InChI=1S/C20H20N6O/c1-13(2)15-8-10-16(11-9-15)19-21-18(27-24-19)12-26-23-20(22-25-26)17-6-4-14(3)5-7-17/h4-11,13H,12H2,1-3H3. The third-order valence-corrected chi connectivity index (χ3v) is 4.34. The third kappa shape index (κ3) is 3.76. The van der Waals surface area contributed by atoms with Crippen LogP contribution in [0.1, 0.15) is 36.8 Å². The number of tetrazole rings is 1. The Bertz CT molecular complexity index is 1030. The molecule has 0 saturated heterocycles. The number of hydrogen-bond donors (Lipinski definition) is 0. The minimum absolute atomic E-state index is 0.274. The second-order valence-corrected chi connectivity index (χ2v) is 6.80. The molecule has 0 bridgehead atoms. The second kappa shape index (κ2) is 7.11. The van der Waals surface area contributed by atoms with Crippen molar-refractivity contribution in [2.75, 3.05) is 0 Å².